The largest absolute Gasteiger partial charge is 0.466 e. The van der Waals surface area contributed by atoms with Gasteiger partial charge in [-0.25, -0.2) is 4.79 Å². The third kappa shape index (κ3) is 5.85. The van der Waals surface area contributed by atoms with Crippen LogP contribution in [0.1, 0.15) is 12.5 Å². The molecule has 0 aliphatic rings. The summed E-state index contributed by atoms with van der Waals surface area (Å²) in [6.45, 7) is 3.71. The highest BCUT2D eigenvalue weighted by Crippen LogP contribution is 2.17. The van der Waals surface area contributed by atoms with Crippen LogP contribution in [0.4, 0.5) is 0 Å². The van der Waals surface area contributed by atoms with Crippen molar-refractivity contribution in [2.24, 2.45) is 5.10 Å². The molecule has 0 amide bonds. The lowest BCUT2D eigenvalue weighted by Gasteiger charge is -2.14. The summed E-state index contributed by atoms with van der Waals surface area (Å²) in [4.78, 5) is 11.3. The van der Waals surface area contributed by atoms with Crippen LogP contribution in [0.2, 0.25) is 0 Å². The van der Waals surface area contributed by atoms with Gasteiger partial charge in [-0.2, -0.15) is 17.9 Å². The van der Waals surface area contributed by atoms with Gasteiger partial charge < -0.3 is 4.74 Å². The van der Waals surface area contributed by atoms with E-state index in [0.717, 1.165) is 17.8 Å². The molecule has 1 rings (SSSR count). The lowest BCUT2D eigenvalue weighted by molar-refractivity contribution is -0.134. The Labute approximate surface area is 142 Å². The molecule has 24 heavy (non-hydrogen) atoms. The van der Waals surface area contributed by atoms with Crippen LogP contribution in [0.25, 0.3) is 0 Å². The van der Waals surface area contributed by atoms with Gasteiger partial charge in [0.15, 0.2) is 0 Å². The maximum absolute atomic E-state index is 12.6. The monoisotopic (exact) mass is 348 g/mol. The maximum atomic E-state index is 12.6. The van der Waals surface area contributed by atoms with Crippen molar-refractivity contribution in [2.75, 3.05) is 7.11 Å². The zero-order valence-electron chi connectivity index (χ0n) is 13.8. The van der Waals surface area contributed by atoms with Crippen LogP contribution in [0.5, 0.6) is 0 Å². The van der Waals surface area contributed by atoms with Crippen molar-refractivity contribution in [3.8, 4) is 0 Å². The molecule has 0 heterocycles. The number of sulfonamides is 1. The first-order chi connectivity index (χ1) is 11.4. The molecule has 0 unspecified atom stereocenters. The minimum atomic E-state index is -3.93. The molecule has 7 heteroatoms. The van der Waals surface area contributed by atoms with Crippen molar-refractivity contribution >= 4 is 22.2 Å². The third-order valence-electron chi connectivity index (χ3n) is 2.79. The third-order valence-corrected chi connectivity index (χ3v) is 4.36. The van der Waals surface area contributed by atoms with Gasteiger partial charge in [-0.3, -0.25) is 0 Å². The van der Waals surface area contributed by atoms with E-state index in [-0.39, 0.29) is 4.90 Å². The number of carbonyl (C=O) groups is 1. The topological polar surface area (TPSA) is 76.0 Å². The van der Waals surface area contributed by atoms with Gasteiger partial charge in [0, 0.05) is 18.5 Å². The zero-order valence-corrected chi connectivity index (χ0v) is 14.6. The Morgan fingerprint density at radius 2 is 1.83 bits per heavy atom. The number of carbonyl (C=O) groups excluding carboxylic acids is 1. The molecule has 0 bridgehead atoms. The molecule has 0 aromatic heterocycles. The first-order valence-electron chi connectivity index (χ1n) is 7.11. The van der Waals surface area contributed by atoms with Crippen LogP contribution in [0.15, 0.2) is 70.8 Å². The summed E-state index contributed by atoms with van der Waals surface area (Å²) in [5.41, 5.74) is 0.934. The Balaban J connectivity index is 3.17. The number of hydrogen-bond acceptors (Lipinski definition) is 5. The van der Waals surface area contributed by atoms with Crippen LogP contribution in [-0.2, 0) is 19.6 Å². The Hall–Kier alpha value is -2.67. The lowest BCUT2D eigenvalue weighted by atomic mass is 10.2. The van der Waals surface area contributed by atoms with Crippen molar-refractivity contribution in [3.63, 3.8) is 0 Å². The predicted molar refractivity (Wildman–Crippen MR) is 93.8 cm³/mol. The Bertz CT molecular complexity index is 760. The van der Waals surface area contributed by atoms with Gasteiger partial charge in [0.1, 0.15) is 0 Å². The maximum Gasteiger partial charge on any atom is 0.332 e. The van der Waals surface area contributed by atoms with Crippen LogP contribution in [0.3, 0.4) is 0 Å². The van der Waals surface area contributed by atoms with E-state index >= 15 is 0 Å². The van der Waals surface area contributed by atoms with Gasteiger partial charge >= 0.3 is 5.97 Å². The molecule has 0 aliphatic carbocycles. The van der Waals surface area contributed by atoms with Crippen molar-refractivity contribution < 1.29 is 17.9 Å². The number of benzene rings is 1. The number of ether oxygens (including phenoxy) is 1. The fourth-order valence-electron chi connectivity index (χ4n) is 1.52. The van der Waals surface area contributed by atoms with Gasteiger partial charge in [-0.15, -0.1) is 0 Å². The molecule has 0 spiro atoms. The quantitative estimate of drug-likeness (QED) is 0.250. The molecule has 0 atom stereocenters. The molecule has 128 valence electrons. The second-order valence-electron chi connectivity index (χ2n) is 4.60. The Morgan fingerprint density at radius 3 is 2.42 bits per heavy atom. The van der Waals surface area contributed by atoms with E-state index < -0.39 is 16.0 Å². The van der Waals surface area contributed by atoms with Crippen LogP contribution >= 0.6 is 0 Å². The number of allylic oxidation sites excluding steroid dienone is 4. The first-order valence-corrected chi connectivity index (χ1v) is 8.55. The van der Waals surface area contributed by atoms with Gasteiger partial charge in [0.25, 0.3) is 10.0 Å². The average Bonchev–Trinajstić information content (AvgIpc) is 2.57. The average molecular weight is 348 g/mol. The van der Waals surface area contributed by atoms with Gasteiger partial charge in [-0.05, 0) is 32.1 Å². The summed E-state index contributed by atoms with van der Waals surface area (Å²) in [6.07, 6.45) is 10.2. The molecular weight excluding hydrogens is 328 g/mol. The van der Waals surface area contributed by atoms with E-state index in [1.54, 1.807) is 30.4 Å². The number of hydrogen-bond donors (Lipinski definition) is 0. The normalized spacial score (nSPS) is 12.6. The Kier molecular flexibility index (Phi) is 7.64. The summed E-state index contributed by atoms with van der Waals surface area (Å²) < 4.78 is 30.5. The van der Waals surface area contributed by atoms with Gasteiger partial charge in [-0.1, -0.05) is 35.9 Å². The SMILES string of the molecule is C/C=C/C=C/C=N/N(/C=C/C(=O)OC)S(=O)(=O)c1ccc(C)cc1. The van der Waals surface area contributed by atoms with E-state index in [1.807, 2.05) is 19.9 Å². The molecule has 0 N–H and O–H groups in total. The number of methoxy groups -OCH3 is 1. The molecular formula is C17H20N2O4S. The van der Waals surface area contributed by atoms with Crippen molar-refractivity contribution in [1.29, 1.82) is 0 Å². The fraction of sp³-hybridized carbons (Fsp3) is 0.176. The number of nitrogens with zero attached hydrogens (tertiary/aromatic N) is 2. The minimum absolute atomic E-state index is 0.0669. The number of esters is 1. The summed E-state index contributed by atoms with van der Waals surface area (Å²) in [6, 6.07) is 6.33. The predicted octanol–water partition coefficient (Wildman–Crippen LogP) is 2.79. The molecule has 1 aromatic rings. The molecule has 0 saturated carbocycles. The zero-order chi connectivity index (χ0) is 18.0. The number of rotatable bonds is 7. The first kappa shape index (κ1) is 19.4. The highest BCUT2D eigenvalue weighted by Gasteiger charge is 2.21. The fourth-order valence-corrected chi connectivity index (χ4v) is 2.62. The van der Waals surface area contributed by atoms with Crippen molar-refractivity contribution in [1.82, 2.24) is 4.41 Å². The van der Waals surface area contributed by atoms with E-state index in [9.17, 15) is 13.2 Å². The standard InChI is InChI=1S/C17H20N2O4S/c1-4-5-6-7-13-18-19(14-12-17(20)23-3)24(21,22)16-10-8-15(2)9-11-16/h4-14H,1-3H3/b5-4+,7-6+,14-12+,18-13+. The highest BCUT2D eigenvalue weighted by atomic mass is 32.2. The minimum Gasteiger partial charge on any atom is -0.466 e. The van der Waals surface area contributed by atoms with Gasteiger partial charge in [0.2, 0.25) is 0 Å². The molecule has 1 aromatic carbocycles. The van der Waals surface area contributed by atoms with E-state index in [1.165, 1.54) is 25.5 Å². The van der Waals surface area contributed by atoms with E-state index in [2.05, 4.69) is 9.84 Å². The van der Waals surface area contributed by atoms with Crippen LogP contribution in [-0.4, -0.2) is 32.1 Å². The summed E-state index contributed by atoms with van der Waals surface area (Å²) in [7, 11) is -2.72. The Morgan fingerprint density at radius 1 is 1.17 bits per heavy atom. The molecule has 0 radical (unpaired) electrons. The summed E-state index contributed by atoms with van der Waals surface area (Å²) in [5.74, 6) is -0.682. The number of aryl methyl sites for hydroxylation is 1. The van der Waals surface area contributed by atoms with Crippen LogP contribution in [0, 0.1) is 6.92 Å². The molecule has 0 aliphatic heterocycles. The second-order valence-corrected chi connectivity index (χ2v) is 6.40. The molecule has 0 fully saturated rings. The van der Waals surface area contributed by atoms with Crippen LogP contribution < -0.4 is 0 Å². The number of hydrazone groups is 1. The van der Waals surface area contributed by atoms with Crippen molar-refractivity contribution in [2.45, 2.75) is 18.7 Å². The van der Waals surface area contributed by atoms with Crippen molar-refractivity contribution in [3.05, 3.63) is 66.4 Å². The lowest BCUT2D eigenvalue weighted by Crippen LogP contribution is -2.21. The van der Waals surface area contributed by atoms with E-state index in [0.29, 0.717) is 4.41 Å². The summed E-state index contributed by atoms with van der Waals surface area (Å²) >= 11 is 0. The highest BCUT2D eigenvalue weighted by molar-refractivity contribution is 7.89. The smallest absolute Gasteiger partial charge is 0.332 e. The van der Waals surface area contributed by atoms with Gasteiger partial charge in [0.05, 0.1) is 12.0 Å². The molecule has 0 saturated heterocycles. The molecule has 6 nitrogen and oxygen atoms in total. The second kappa shape index (κ2) is 9.46. The summed E-state index contributed by atoms with van der Waals surface area (Å²) in [5, 5.41) is 3.88. The van der Waals surface area contributed by atoms with E-state index in [4.69, 9.17) is 0 Å².